The van der Waals surface area contributed by atoms with Gasteiger partial charge in [-0.2, -0.15) is 5.10 Å². The number of nitrogens with zero attached hydrogens (tertiary/aromatic N) is 3. The maximum Gasteiger partial charge on any atom is 0.354 e. The van der Waals surface area contributed by atoms with Gasteiger partial charge < -0.3 is 9.84 Å². The van der Waals surface area contributed by atoms with Gasteiger partial charge in [-0.3, -0.25) is 0 Å². The maximum absolute atomic E-state index is 11.7. The average Bonchev–Trinajstić information content (AvgIpc) is 3.05. The summed E-state index contributed by atoms with van der Waals surface area (Å²) in [6, 6.07) is 18.6. The molecule has 134 valence electrons. The number of fused-ring (bicyclic) bond motifs is 1. The fourth-order valence-corrected chi connectivity index (χ4v) is 3.15. The van der Waals surface area contributed by atoms with Crippen LogP contribution in [0.15, 0.2) is 60.7 Å². The number of hydrogen-bond donors (Lipinski definition) is 1. The normalized spacial score (nSPS) is 10.9. The van der Waals surface area contributed by atoms with Crippen molar-refractivity contribution in [3.63, 3.8) is 0 Å². The van der Waals surface area contributed by atoms with Crippen LogP contribution in [-0.2, 0) is 0 Å². The number of methoxy groups -OCH3 is 1. The highest BCUT2D eigenvalue weighted by Crippen LogP contribution is 2.33. The first-order valence-electron chi connectivity index (χ1n) is 8.42. The van der Waals surface area contributed by atoms with Gasteiger partial charge in [-0.05, 0) is 48.4 Å². The third-order valence-electron chi connectivity index (χ3n) is 4.43. The largest absolute Gasteiger partial charge is 0.497 e. The van der Waals surface area contributed by atoms with Gasteiger partial charge in [-0.25, -0.2) is 14.5 Å². The first kappa shape index (κ1) is 16.8. The van der Waals surface area contributed by atoms with E-state index >= 15 is 0 Å². The van der Waals surface area contributed by atoms with Crippen LogP contribution in [0.1, 0.15) is 16.2 Å². The molecule has 0 aliphatic carbocycles. The summed E-state index contributed by atoms with van der Waals surface area (Å²) >= 11 is 0. The summed E-state index contributed by atoms with van der Waals surface area (Å²) in [6.45, 7) is 1.90. The molecule has 0 saturated heterocycles. The molecule has 0 fully saturated rings. The molecule has 0 saturated carbocycles. The van der Waals surface area contributed by atoms with Crippen molar-refractivity contribution in [2.24, 2.45) is 0 Å². The predicted molar refractivity (Wildman–Crippen MR) is 103 cm³/mol. The molecule has 0 unspecified atom stereocenters. The molecule has 2 aromatic heterocycles. The number of carbonyl (C=O) groups is 1. The highest BCUT2D eigenvalue weighted by molar-refractivity contribution is 5.99. The molecule has 4 rings (SSSR count). The van der Waals surface area contributed by atoms with E-state index in [1.165, 1.54) is 0 Å². The molecule has 6 heteroatoms. The molecule has 0 bridgehead atoms. The van der Waals surface area contributed by atoms with E-state index in [-0.39, 0.29) is 5.69 Å². The summed E-state index contributed by atoms with van der Waals surface area (Å²) in [6.07, 6.45) is 0. The van der Waals surface area contributed by atoms with Crippen LogP contribution in [0.3, 0.4) is 0 Å². The van der Waals surface area contributed by atoms with E-state index in [0.717, 1.165) is 33.6 Å². The Labute approximate surface area is 155 Å². The smallest absolute Gasteiger partial charge is 0.354 e. The number of benzene rings is 2. The first-order valence-corrected chi connectivity index (χ1v) is 8.42. The zero-order valence-electron chi connectivity index (χ0n) is 14.9. The minimum Gasteiger partial charge on any atom is -0.497 e. The van der Waals surface area contributed by atoms with Crippen molar-refractivity contribution in [3.05, 3.63) is 72.1 Å². The number of pyridine rings is 1. The quantitative estimate of drug-likeness (QED) is 0.593. The zero-order chi connectivity index (χ0) is 19.0. The molecular formula is C21H17N3O3. The van der Waals surface area contributed by atoms with Crippen molar-refractivity contribution in [1.82, 2.24) is 14.8 Å². The lowest BCUT2D eigenvalue weighted by atomic mass is 10.0. The Morgan fingerprint density at radius 1 is 1.07 bits per heavy atom. The lowest BCUT2D eigenvalue weighted by molar-refractivity contribution is 0.0691. The standard InChI is InChI=1S/C21H17N3O3/c1-13-19-17(14-8-10-16(27-2)11-9-14)12-18(21(25)26)22-20(19)24(23-13)15-6-4-3-5-7-15/h3-12H,1-2H3,(H,25,26). The lowest BCUT2D eigenvalue weighted by Gasteiger charge is -2.08. The second kappa shape index (κ2) is 6.57. The van der Waals surface area contributed by atoms with Crippen LogP contribution in [0.4, 0.5) is 0 Å². The summed E-state index contributed by atoms with van der Waals surface area (Å²) in [7, 11) is 1.61. The second-order valence-electron chi connectivity index (χ2n) is 6.12. The number of hydrogen-bond acceptors (Lipinski definition) is 4. The second-order valence-corrected chi connectivity index (χ2v) is 6.12. The molecule has 0 amide bonds. The lowest BCUT2D eigenvalue weighted by Crippen LogP contribution is -2.04. The fourth-order valence-electron chi connectivity index (χ4n) is 3.15. The molecule has 2 aromatic carbocycles. The molecule has 4 aromatic rings. The molecule has 0 aliphatic heterocycles. The molecule has 0 radical (unpaired) electrons. The number of rotatable bonds is 4. The van der Waals surface area contributed by atoms with Crippen LogP contribution in [-0.4, -0.2) is 33.0 Å². The topological polar surface area (TPSA) is 77.2 Å². The van der Waals surface area contributed by atoms with Crippen LogP contribution in [0.5, 0.6) is 5.75 Å². The number of carboxylic acid groups (broad SMARTS) is 1. The first-order chi connectivity index (χ1) is 13.1. The Bertz CT molecular complexity index is 1130. The minimum absolute atomic E-state index is 0.0228. The molecule has 0 aliphatic rings. The van der Waals surface area contributed by atoms with Crippen molar-refractivity contribution >= 4 is 17.0 Å². The number of ether oxygens (including phenoxy) is 1. The molecule has 6 nitrogen and oxygen atoms in total. The van der Waals surface area contributed by atoms with E-state index < -0.39 is 5.97 Å². The van der Waals surface area contributed by atoms with E-state index in [4.69, 9.17) is 4.74 Å². The molecule has 0 spiro atoms. The summed E-state index contributed by atoms with van der Waals surface area (Å²) in [5.74, 6) is -0.343. The van der Waals surface area contributed by atoms with Crippen molar-refractivity contribution in [2.45, 2.75) is 6.92 Å². The van der Waals surface area contributed by atoms with E-state index in [1.807, 2.05) is 61.5 Å². The van der Waals surface area contributed by atoms with Gasteiger partial charge in [-0.15, -0.1) is 0 Å². The Morgan fingerprint density at radius 2 is 1.78 bits per heavy atom. The Kier molecular flexibility index (Phi) is 4.08. The van der Waals surface area contributed by atoms with Gasteiger partial charge in [0.15, 0.2) is 11.3 Å². The van der Waals surface area contributed by atoms with Crippen LogP contribution in [0, 0.1) is 6.92 Å². The third-order valence-corrected chi connectivity index (χ3v) is 4.43. The van der Waals surface area contributed by atoms with Gasteiger partial charge >= 0.3 is 5.97 Å². The van der Waals surface area contributed by atoms with Gasteiger partial charge in [0.2, 0.25) is 0 Å². The van der Waals surface area contributed by atoms with E-state index in [2.05, 4.69) is 10.1 Å². The third kappa shape index (κ3) is 2.91. The van der Waals surface area contributed by atoms with Crippen molar-refractivity contribution in [3.8, 4) is 22.6 Å². The Hall–Kier alpha value is -3.67. The monoisotopic (exact) mass is 359 g/mol. The summed E-state index contributed by atoms with van der Waals surface area (Å²) in [4.78, 5) is 16.0. The van der Waals surface area contributed by atoms with E-state index in [0.29, 0.717) is 5.65 Å². The highest BCUT2D eigenvalue weighted by Gasteiger charge is 2.19. The Balaban J connectivity index is 2.03. The summed E-state index contributed by atoms with van der Waals surface area (Å²) < 4.78 is 6.90. The SMILES string of the molecule is COc1ccc(-c2cc(C(=O)O)nc3c2c(C)nn3-c2ccccc2)cc1. The van der Waals surface area contributed by atoms with Gasteiger partial charge in [-0.1, -0.05) is 30.3 Å². The summed E-state index contributed by atoms with van der Waals surface area (Å²) in [5.41, 5.74) is 3.76. The number of aromatic carboxylic acids is 1. The van der Waals surface area contributed by atoms with Crippen molar-refractivity contribution in [1.29, 1.82) is 0 Å². The van der Waals surface area contributed by atoms with E-state index in [1.54, 1.807) is 17.9 Å². The molecule has 27 heavy (non-hydrogen) atoms. The van der Waals surface area contributed by atoms with Crippen molar-refractivity contribution in [2.75, 3.05) is 7.11 Å². The maximum atomic E-state index is 11.7. The number of carboxylic acids is 1. The van der Waals surface area contributed by atoms with Crippen LogP contribution in [0.25, 0.3) is 27.8 Å². The molecule has 2 heterocycles. The van der Waals surface area contributed by atoms with Crippen LogP contribution in [0.2, 0.25) is 0 Å². The summed E-state index contributed by atoms with van der Waals surface area (Å²) in [5, 5.41) is 15.0. The van der Waals surface area contributed by atoms with Crippen LogP contribution >= 0.6 is 0 Å². The average molecular weight is 359 g/mol. The molecule has 0 atom stereocenters. The zero-order valence-corrected chi connectivity index (χ0v) is 14.9. The number of para-hydroxylation sites is 1. The highest BCUT2D eigenvalue weighted by atomic mass is 16.5. The minimum atomic E-state index is -1.08. The fraction of sp³-hybridized carbons (Fsp3) is 0.0952. The van der Waals surface area contributed by atoms with Gasteiger partial charge in [0.1, 0.15) is 5.75 Å². The van der Waals surface area contributed by atoms with Gasteiger partial charge in [0, 0.05) is 0 Å². The number of aromatic nitrogens is 3. The van der Waals surface area contributed by atoms with Crippen molar-refractivity contribution < 1.29 is 14.6 Å². The van der Waals surface area contributed by atoms with E-state index in [9.17, 15) is 9.90 Å². The molecular weight excluding hydrogens is 342 g/mol. The predicted octanol–water partition coefficient (Wildman–Crippen LogP) is 4.10. The van der Waals surface area contributed by atoms with Gasteiger partial charge in [0.05, 0.1) is 23.9 Å². The van der Waals surface area contributed by atoms with Crippen LogP contribution < -0.4 is 4.74 Å². The number of aryl methyl sites for hydroxylation is 1. The molecule has 1 N–H and O–H groups in total. The Morgan fingerprint density at radius 3 is 2.41 bits per heavy atom. The van der Waals surface area contributed by atoms with Gasteiger partial charge in [0.25, 0.3) is 0 Å².